The number of hydrogen-bond donors (Lipinski definition) is 0. The maximum atomic E-state index is 12.8. The summed E-state index contributed by atoms with van der Waals surface area (Å²) in [5.74, 6) is 0. The molecule has 1 aromatic heterocycles. The van der Waals surface area contributed by atoms with E-state index in [0.29, 0.717) is 17.6 Å². The number of rotatable bonds is 2. The molecule has 0 N–H and O–H groups in total. The largest absolute Gasteiger partial charge is 0.246 e. The number of hydrogen-bond acceptors (Lipinski definition) is 3. The number of benzene rings is 1. The first kappa shape index (κ1) is 15.8. The minimum absolute atomic E-state index is 0.0206. The van der Waals surface area contributed by atoms with Crippen molar-refractivity contribution in [3.05, 3.63) is 48.5 Å². The number of nitrogens with zero attached hydrogens (tertiary/aromatic N) is 1. The van der Waals surface area contributed by atoms with Gasteiger partial charge in [-0.2, -0.15) is 4.31 Å². The molecule has 112 valence electrons. The fraction of sp³-hybridized carbons (Fsp3) is 0.231. The van der Waals surface area contributed by atoms with E-state index in [1.807, 2.05) is 11.4 Å². The molecule has 0 saturated carbocycles. The third kappa shape index (κ3) is 2.90. The molecule has 0 saturated heterocycles. The van der Waals surface area contributed by atoms with Crippen LogP contribution >= 0.6 is 50.5 Å². The van der Waals surface area contributed by atoms with E-state index in [0.717, 1.165) is 12.0 Å². The Labute approximate surface area is 145 Å². The van der Waals surface area contributed by atoms with Gasteiger partial charge in [0.2, 0.25) is 10.0 Å². The van der Waals surface area contributed by atoms with Crippen molar-refractivity contribution in [2.75, 3.05) is 6.54 Å². The third-order valence-electron chi connectivity index (χ3n) is 3.33. The predicted octanol–water partition coefficient (Wildman–Crippen LogP) is 4.56. The highest BCUT2D eigenvalue weighted by Gasteiger charge is 2.32. The Morgan fingerprint density at radius 2 is 1.90 bits per heavy atom. The highest BCUT2D eigenvalue weighted by atomic mass is 79.9. The van der Waals surface area contributed by atoms with Crippen molar-refractivity contribution in [2.45, 2.75) is 17.9 Å². The van der Waals surface area contributed by atoms with Gasteiger partial charge in [-0.3, -0.25) is 0 Å². The molecule has 1 aliphatic rings. The molecule has 1 aromatic carbocycles. The van der Waals surface area contributed by atoms with Crippen LogP contribution in [0.3, 0.4) is 0 Å². The number of halogens is 3. The minimum atomic E-state index is -3.71. The van der Waals surface area contributed by atoms with Gasteiger partial charge in [0, 0.05) is 22.4 Å². The van der Waals surface area contributed by atoms with Crippen molar-refractivity contribution >= 4 is 60.5 Å². The SMILES string of the molecule is O=S(=O)(c1c(Cl)cc(Br)cc1Cl)N1CCc2sccc2C1. The molecular weight excluding hydrogens is 417 g/mol. The standard InChI is InChI=1S/C13H10BrCl2NO2S2/c14-9-5-10(15)13(11(16)6-9)21(18,19)17-3-1-12-8(7-17)2-4-20-12/h2,4-6H,1,3,7H2. The maximum Gasteiger partial charge on any atom is 0.246 e. The zero-order chi connectivity index (χ0) is 15.2. The van der Waals surface area contributed by atoms with E-state index in [4.69, 9.17) is 23.2 Å². The average molecular weight is 427 g/mol. The van der Waals surface area contributed by atoms with Gasteiger partial charge in [0.1, 0.15) is 4.90 Å². The molecule has 0 bridgehead atoms. The van der Waals surface area contributed by atoms with Gasteiger partial charge in [-0.25, -0.2) is 8.42 Å². The predicted molar refractivity (Wildman–Crippen MR) is 89.8 cm³/mol. The van der Waals surface area contributed by atoms with E-state index in [2.05, 4.69) is 15.9 Å². The molecule has 0 amide bonds. The minimum Gasteiger partial charge on any atom is -0.207 e. The van der Waals surface area contributed by atoms with Crippen LogP contribution in [-0.4, -0.2) is 19.3 Å². The molecule has 0 radical (unpaired) electrons. The Morgan fingerprint density at radius 1 is 1.24 bits per heavy atom. The van der Waals surface area contributed by atoms with Crippen LogP contribution in [0.25, 0.3) is 0 Å². The van der Waals surface area contributed by atoms with Gasteiger partial charge in [0.05, 0.1) is 10.0 Å². The molecule has 1 aliphatic heterocycles. The summed E-state index contributed by atoms with van der Waals surface area (Å²) in [5.41, 5.74) is 1.05. The van der Waals surface area contributed by atoms with Crippen LogP contribution < -0.4 is 0 Å². The summed E-state index contributed by atoms with van der Waals surface area (Å²) in [5, 5.41) is 2.25. The first-order chi connectivity index (χ1) is 9.89. The van der Waals surface area contributed by atoms with Gasteiger partial charge in [-0.05, 0) is 35.6 Å². The normalized spacial score (nSPS) is 16.0. The van der Waals surface area contributed by atoms with Gasteiger partial charge in [-0.1, -0.05) is 39.1 Å². The maximum absolute atomic E-state index is 12.8. The Kier molecular flexibility index (Phi) is 4.38. The smallest absolute Gasteiger partial charge is 0.207 e. The van der Waals surface area contributed by atoms with Crippen molar-refractivity contribution in [3.8, 4) is 0 Å². The zero-order valence-electron chi connectivity index (χ0n) is 10.6. The summed E-state index contributed by atoms with van der Waals surface area (Å²) in [6.45, 7) is 0.808. The van der Waals surface area contributed by atoms with Crippen LogP contribution in [0.5, 0.6) is 0 Å². The average Bonchev–Trinajstić information content (AvgIpc) is 2.83. The lowest BCUT2D eigenvalue weighted by atomic mass is 10.1. The lowest BCUT2D eigenvalue weighted by Crippen LogP contribution is -2.35. The van der Waals surface area contributed by atoms with Gasteiger partial charge in [0.25, 0.3) is 0 Å². The van der Waals surface area contributed by atoms with E-state index >= 15 is 0 Å². The van der Waals surface area contributed by atoms with Crippen LogP contribution in [0.4, 0.5) is 0 Å². The van der Waals surface area contributed by atoms with Gasteiger partial charge >= 0.3 is 0 Å². The first-order valence-corrected chi connectivity index (χ1v) is 9.96. The van der Waals surface area contributed by atoms with Crippen molar-refractivity contribution in [1.29, 1.82) is 0 Å². The molecule has 0 unspecified atom stereocenters. The second-order valence-corrected chi connectivity index (χ2v) is 9.26. The molecule has 0 spiro atoms. The second kappa shape index (κ2) is 5.83. The van der Waals surface area contributed by atoms with E-state index in [1.165, 1.54) is 9.18 Å². The molecule has 0 aliphatic carbocycles. The zero-order valence-corrected chi connectivity index (χ0v) is 15.4. The molecule has 3 nitrogen and oxygen atoms in total. The molecule has 0 fully saturated rings. The summed E-state index contributed by atoms with van der Waals surface area (Å²) < 4.78 is 27.7. The van der Waals surface area contributed by atoms with Crippen LogP contribution in [0.2, 0.25) is 10.0 Å². The molecular formula is C13H10BrCl2NO2S2. The molecule has 3 rings (SSSR count). The molecule has 0 atom stereocenters. The van der Waals surface area contributed by atoms with Gasteiger partial charge in [-0.15, -0.1) is 11.3 Å². The van der Waals surface area contributed by atoms with Gasteiger partial charge in [0.15, 0.2) is 0 Å². The topological polar surface area (TPSA) is 37.4 Å². The summed E-state index contributed by atoms with van der Waals surface area (Å²) >= 11 is 17.1. The Balaban J connectivity index is 2.03. The number of thiophene rings is 1. The monoisotopic (exact) mass is 425 g/mol. The summed E-state index contributed by atoms with van der Waals surface area (Å²) in [4.78, 5) is 1.22. The van der Waals surface area contributed by atoms with Crippen LogP contribution in [-0.2, 0) is 23.0 Å². The van der Waals surface area contributed by atoms with Crippen LogP contribution in [0.1, 0.15) is 10.4 Å². The molecule has 8 heteroatoms. The highest BCUT2D eigenvalue weighted by Crippen LogP contribution is 2.36. The second-order valence-electron chi connectivity index (χ2n) is 4.66. The fourth-order valence-corrected chi connectivity index (χ4v) is 6.52. The quantitative estimate of drug-likeness (QED) is 0.705. The number of sulfonamides is 1. The van der Waals surface area contributed by atoms with Crippen LogP contribution in [0, 0.1) is 0 Å². The van der Waals surface area contributed by atoms with Crippen molar-refractivity contribution in [3.63, 3.8) is 0 Å². The van der Waals surface area contributed by atoms with Crippen molar-refractivity contribution in [1.82, 2.24) is 4.31 Å². The van der Waals surface area contributed by atoms with E-state index in [1.54, 1.807) is 23.5 Å². The Hall–Kier alpha value is -0.110. The molecule has 21 heavy (non-hydrogen) atoms. The first-order valence-electron chi connectivity index (χ1n) is 6.09. The number of fused-ring (bicyclic) bond motifs is 1. The Bertz CT molecular complexity index is 781. The lowest BCUT2D eigenvalue weighted by Gasteiger charge is -2.27. The fourth-order valence-electron chi connectivity index (χ4n) is 2.33. The highest BCUT2D eigenvalue weighted by molar-refractivity contribution is 9.10. The van der Waals surface area contributed by atoms with Crippen molar-refractivity contribution in [2.24, 2.45) is 0 Å². The molecule has 2 aromatic rings. The lowest BCUT2D eigenvalue weighted by molar-refractivity contribution is 0.394. The Morgan fingerprint density at radius 3 is 2.57 bits per heavy atom. The summed E-state index contributed by atoms with van der Waals surface area (Å²) in [7, 11) is -3.71. The van der Waals surface area contributed by atoms with Gasteiger partial charge < -0.3 is 0 Å². The van der Waals surface area contributed by atoms with E-state index < -0.39 is 10.0 Å². The van der Waals surface area contributed by atoms with E-state index in [9.17, 15) is 8.42 Å². The van der Waals surface area contributed by atoms with E-state index in [-0.39, 0.29) is 14.9 Å². The third-order valence-corrected chi connectivity index (χ3v) is 7.58. The summed E-state index contributed by atoms with van der Waals surface area (Å²) in [6.07, 6.45) is 0.720. The molecule has 2 heterocycles. The van der Waals surface area contributed by atoms with Crippen LogP contribution in [0.15, 0.2) is 32.9 Å². The van der Waals surface area contributed by atoms with Crippen molar-refractivity contribution < 1.29 is 8.42 Å². The summed E-state index contributed by atoms with van der Waals surface area (Å²) in [6, 6.07) is 5.05.